The van der Waals surface area contributed by atoms with E-state index in [0.717, 1.165) is 18.0 Å². The van der Waals surface area contributed by atoms with E-state index in [4.69, 9.17) is 0 Å². The first-order valence-corrected chi connectivity index (χ1v) is 5.00. The predicted molar refractivity (Wildman–Crippen MR) is 50.3 cm³/mol. The summed E-state index contributed by atoms with van der Waals surface area (Å²) in [7, 11) is 0. The van der Waals surface area contributed by atoms with Crippen molar-refractivity contribution in [3.63, 3.8) is 0 Å². The molecule has 72 valence electrons. The second-order valence-electron chi connectivity index (χ2n) is 3.69. The molecule has 0 spiro atoms. The van der Waals surface area contributed by atoms with E-state index in [1.165, 1.54) is 32.4 Å². The van der Waals surface area contributed by atoms with Crippen LogP contribution in [0.3, 0.4) is 0 Å². The molecule has 1 aliphatic rings. The highest BCUT2D eigenvalue weighted by atomic mass is 15.3. The number of aromatic nitrogens is 3. The molecule has 2 heterocycles. The van der Waals surface area contributed by atoms with Gasteiger partial charge < -0.3 is 5.32 Å². The molecule has 0 amide bonds. The summed E-state index contributed by atoms with van der Waals surface area (Å²) in [6, 6.07) is 0. The Kier molecular flexibility index (Phi) is 2.92. The molecule has 0 radical (unpaired) electrons. The van der Waals surface area contributed by atoms with Crippen LogP contribution in [0, 0.1) is 5.92 Å². The maximum absolute atomic E-state index is 4.05. The van der Waals surface area contributed by atoms with Crippen molar-refractivity contribution < 1.29 is 0 Å². The van der Waals surface area contributed by atoms with E-state index in [-0.39, 0.29) is 0 Å². The molecule has 1 aliphatic heterocycles. The highest BCUT2D eigenvalue weighted by Gasteiger charge is 2.12. The lowest BCUT2D eigenvalue weighted by molar-refractivity contribution is 0.353. The Bertz CT molecular complexity index is 226. The summed E-state index contributed by atoms with van der Waals surface area (Å²) in [5, 5.41) is 13.9. The summed E-state index contributed by atoms with van der Waals surface area (Å²) in [4.78, 5) is 0. The molecular weight excluding hydrogens is 164 g/mol. The van der Waals surface area contributed by atoms with Crippen LogP contribution in [0.25, 0.3) is 0 Å². The topological polar surface area (TPSA) is 53.6 Å². The summed E-state index contributed by atoms with van der Waals surface area (Å²) in [5.41, 5.74) is 1.10. The Labute approximate surface area is 78.1 Å². The van der Waals surface area contributed by atoms with Crippen LogP contribution in [-0.4, -0.2) is 28.5 Å². The zero-order valence-electron chi connectivity index (χ0n) is 7.79. The molecule has 2 N–H and O–H groups in total. The maximum Gasteiger partial charge on any atom is 0.0824 e. The molecular formula is C9H16N4. The molecule has 0 saturated carbocycles. The van der Waals surface area contributed by atoms with Crippen LogP contribution in [0.5, 0.6) is 0 Å². The summed E-state index contributed by atoms with van der Waals surface area (Å²) in [6.07, 6.45) is 6.78. The fourth-order valence-corrected chi connectivity index (χ4v) is 1.87. The van der Waals surface area contributed by atoms with E-state index < -0.39 is 0 Å². The van der Waals surface area contributed by atoms with Crippen molar-refractivity contribution in [2.45, 2.75) is 25.7 Å². The van der Waals surface area contributed by atoms with Crippen molar-refractivity contribution in [3.8, 4) is 0 Å². The lowest BCUT2D eigenvalue weighted by atomic mass is 9.93. The van der Waals surface area contributed by atoms with E-state index in [2.05, 4.69) is 20.7 Å². The van der Waals surface area contributed by atoms with Gasteiger partial charge in [0, 0.05) is 0 Å². The summed E-state index contributed by atoms with van der Waals surface area (Å²) in [6.45, 7) is 2.37. The number of nitrogens with zero attached hydrogens (tertiary/aromatic N) is 2. The lowest BCUT2D eigenvalue weighted by Gasteiger charge is -2.21. The number of hydrogen-bond acceptors (Lipinski definition) is 3. The number of piperidine rings is 1. The van der Waals surface area contributed by atoms with Crippen molar-refractivity contribution in [3.05, 3.63) is 11.9 Å². The van der Waals surface area contributed by atoms with Gasteiger partial charge in [0.05, 0.1) is 11.9 Å². The fourth-order valence-electron chi connectivity index (χ4n) is 1.87. The van der Waals surface area contributed by atoms with Crippen molar-refractivity contribution >= 4 is 0 Å². The van der Waals surface area contributed by atoms with E-state index in [0.29, 0.717) is 0 Å². The molecule has 2 rings (SSSR count). The van der Waals surface area contributed by atoms with Gasteiger partial charge in [0.2, 0.25) is 0 Å². The van der Waals surface area contributed by atoms with Crippen LogP contribution >= 0.6 is 0 Å². The molecule has 4 nitrogen and oxygen atoms in total. The van der Waals surface area contributed by atoms with Crippen molar-refractivity contribution in [1.82, 2.24) is 20.7 Å². The third-order valence-electron chi connectivity index (χ3n) is 2.73. The first-order valence-electron chi connectivity index (χ1n) is 5.00. The molecule has 4 heteroatoms. The molecule has 0 unspecified atom stereocenters. The van der Waals surface area contributed by atoms with E-state index in [1.54, 1.807) is 0 Å². The van der Waals surface area contributed by atoms with Gasteiger partial charge in [-0.3, -0.25) is 0 Å². The van der Waals surface area contributed by atoms with Gasteiger partial charge in [-0.2, -0.15) is 15.4 Å². The Morgan fingerprint density at radius 3 is 2.92 bits per heavy atom. The first kappa shape index (κ1) is 8.69. The van der Waals surface area contributed by atoms with Gasteiger partial charge in [0.25, 0.3) is 0 Å². The van der Waals surface area contributed by atoms with Gasteiger partial charge in [0.15, 0.2) is 0 Å². The molecule has 1 aromatic heterocycles. The smallest absolute Gasteiger partial charge is 0.0824 e. The van der Waals surface area contributed by atoms with Gasteiger partial charge in [-0.25, -0.2) is 0 Å². The molecule has 0 bridgehead atoms. The zero-order chi connectivity index (χ0) is 8.93. The zero-order valence-corrected chi connectivity index (χ0v) is 7.79. The predicted octanol–water partition coefficient (Wildman–Crippen LogP) is 0.737. The normalized spacial score (nSPS) is 19.1. The minimum absolute atomic E-state index is 0.887. The van der Waals surface area contributed by atoms with Crippen LogP contribution in [0.4, 0.5) is 0 Å². The Hall–Kier alpha value is -0.900. The number of aromatic amines is 1. The highest BCUT2D eigenvalue weighted by Crippen LogP contribution is 2.17. The Balaban J connectivity index is 1.72. The lowest BCUT2D eigenvalue weighted by Crippen LogP contribution is -2.27. The highest BCUT2D eigenvalue weighted by molar-refractivity contribution is 4.91. The van der Waals surface area contributed by atoms with E-state index >= 15 is 0 Å². The monoisotopic (exact) mass is 180 g/mol. The van der Waals surface area contributed by atoms with Crippen LogP contribution in [0.15, 0.2) is 6.20 Å². The fraction of sp³-hybridized carbons (Fsp3) is 0.778. The third-order valence-corrected chi connectivity index (χ3v) is 2.73. The van der Waals surface area contributed by atoms with Gasteiger partial charge in [-0.15, -0.1) is 0 Å². The summed E-state index contributed by atoms with van der Waals surface area (Å²) >= 11 is 0. The SMILES string of the molecule is c1n[nH]nc1CCC1CCNCC1. The van der Waals surface area contributed by atoms with Crippen LogP contribution in [-0.2, 0) is 6.42 Å². The van der Waals surface area contributed by atoms with Gasteiger partial charge in [-0.1, -0.05) is 0 Å². The Morgan fingerprint density at radius 1 is 1.38 bits per heavy atom. The van der Waals surface area contributed by atoms with Gasteiger partial charge >= 0.3 is 0 Å². The molecule has 1 fully saturated rings. The standard InChI is InChI=1S/C9H16N4/c1(2-9-7-11-13-12-9)8-3-5-10-6-4-8/h7-8,10H,1-6H2,(H,11,12,13). The molecule has 13 heavy (non-hydrogen) atoms. The third kappa shape index (κ3) is 2.52. The largest absolute Gasteiger partial charge is 0.317 e. The molecule has 1 aromatic rings. The van der Waals surface area contributed by atoms with Crippen LogP contribution in [0.1, 0.15) is 25.0 Å². The van der Waals surface area contributed by atoms with E-state index in [1.807, 2.05) is 6.20 Å². The minimum atomic E-state index is 0.887. The van der Waals surface area contributed by atoms with E-state index in [9.17, 15) is 0 Å². The van der Waals surface area contributed by atoms with Crippen LogP contribution in [0.2, 0.25) is 0 Å². The number of aryl methyl sites for hydroxylation is 1. The number of nitrogens with one attached hydrogen (secondary N) is 2. The Morgan fingerprint density at radius 2 is 2.23 bits per heavy atom. The average molecular weight is 180 g/mol. The second kappa shape index (κ2) is 4.37. The van der Waals surface area contributed by atoms with Gasteiger partial charge in [-0.05, 0) is 44.7 Å². The molecule has 1 saturated heterocycles. The molecule has 0 atom stereocenters. The quantitative estimate of drug-likeness (QED) is 0.721. The maximum atomic E-state index is 4.05. The number of rotatable bonds is 3. The number of hydrogen-bond donors (Lipinski definition) is 2. The van der Waals surface area contributed by atoms with Crippen molar-refractivity contribution in [1.29, 1.82) is 0 Å². The second-order valence-corrected chi connectivity index (χ2v) is 3.69. The minimum Gasteiger partial charge on any atom is -0.317 e. The molecule has 0 aromatic carbocycles. The first-order chi connectivity index (χ1) is 6.45. The van der Waals surface area contributed by atoms with Gasteiger partial charge in [0.1, 0.15) is 0 Å². The summed E-state index contributed by atoms with van der Waals surface area (Å²) in [5.74, 6) is 0.887. The number of H-pyrrole nitrogens is 1. The average Bonchev–Trinajstić information content (AvgIpc) is 2.69. The van der Waals surface area contributed by atoms with Crippen molar-refractivity contribution in [2.24, 2.45) is 5.92 Å². The van der Waals surface area contributed by atoms with Crippen molar-refractivity contribution in [2.75, 3.05) is 13.1 Å². The molecule has 0 aliphatic carbocycles. The summed E-state index contributed by atoms with van der Waals surface area (Å²) < 4.78 is 0. The van der Waals surface area contributed by atoms with Crippen LogP contribution < -0.4 is 5.32 Å².